The predicted octanol–water partition coefficient (Wildman–Crippen LogP) is 3.34. The number of hydrogen-bond donors (Lipinski definition) is 2. The molecular formula is C20H23ClN2O2. The van der Waals surface area contributed by atoms with Gasteiger partial charge in [0.25, 0.3) is 0 Å². The highest BCUT2D eigenvalue weighted by Crippen LogP contribution is 2.16. The Morgan fingerprint density at radius 1 is 0.880 bits per heavy atom. The van der Waals surface area contributed by atoms with Crippen molar-refractivity contribution in [1.82, 2.24) is 10.6 Å². The van der Waals surface area contributed by atoms with Gasteiger partial charge >= 0.3 is 0 Å². The van der Waals surface area contributed by atoms with Gasteiger partial charge in [-0.25, -0.2) is 0 Å². The van der Waals surface area contributed by atoms with Gasteiger partial charge in [0.05, 0.1) is 0 Å². The maximum atomic E-state index is 12.4. The van der Waals surface area contributed by atoms with Gasteiger partial charge < -0.3 is 10.6 Å². The summed E-state index contributed by atoms with van der Waals surface area (Å²) in [6, 6.07) is 17.1. The van der Waals surface area contributed by atoms with Crippen molar-refractivity contribution in [1.29, 1.82) is 0 Å². The fourth-order valence-corrected chi connectivity index (χ4v) is 2.42. The van der Waals surface area contributed by atoms with E-state index in [1.54, 1.807) is 13.8 Å². The van der Waals surface area contributed by atoms with Gasteiger partial charge in [0.1, 0.15) is 5.41 Å². The third-order valence-electron chi connectivity index (χ3n) is 4.04. The lowest BCUT2D eigenvalue weighted by Gasteiger charge is -2.22. The largest absolute Gasteiger partial charge is 0.355 e. The fourth-order valence-electron chi connectivity index (χ4n) is 2.29. The van der Waals surface area contributed by atoms with E-state index in [0.717, 1.165) is 11.1 Å². The normalized spacial score (nSPS) is 11.0. The van der Waals surface area contributed by atoms with Crippen molar-refractivity contribution in [3.05, 3.63) is 70.7 Å². The van der Waals surface area contributed by atoms with E-state index in [2.05, 4.69) is 10.6 Å². The minimum absolute atomic E-state index is 0.285. The minimum atomic E-state index is -1.13. The van der Waals surface area contributed by atoms with E-state index in [4.69, 9.17) is 11.6 Å². The summed E-state index contributed by atoms with van der Waals surface area (Å²) in [5.41, 5.74) is 0.945. The van der Waals surface area contributed by atoms with Crippen LogP contribution >= 0.6 is 11.6 Å². The molecule has 0 bridgehead atoms. The van der Waals surface area contributed by atoms with E-state index in [1.807, 2.05) is 54.6 Å². The highest BCUT2D eigenvalue weighted by atomic mass is 35.5. The molecule has 0 saturated heterocycles. The van der Waals surface area contributed by atoms with Crippen molar-refractivity contribution in [2.75, 3.05) is 6.54 Å². The zero-order valence-corrected chi connectivity index (χ0v) is 15.3. The summed E-state index contributed by atoms with van der Waals surface area (Å²) in [5.74, 6) is -0.577. The molecule has 0 heterocycles. The van der Waals surface area contributed by atoms with Gasteiger partial charge in [-0.05, 0) is 43.5 Å². The Hall–Kier alpha value is -2.33. The maximum absolute atomic E-state index is 12.4. The molecule has 0 aliphatic carbocycles. The lowest BCUT2D eigenvalue weighted by molar-refractivity contribution is -0.141. The first kappa shape index (κ1) is 19.0. The summed E-state index contributed by atoms with van der Waals surface area (Å²) in [4.78, 5) is 24.7. The van der Waals surface area contributed by atoms with Gasteiger partial charge in [-0.1, -0.05) is 54.1 Å². The van der Waals surface area contributed by atoms with Crippen LogP contribution in [0.1, 0.15) is 25.0 Å². The molecule has 25 heavy (non-hydrogen) atoms. The van der Waals surface area contributed by atoms with E-state index in [1.165, 1.54) is 0 Å². The van der Waals surface area contributed by atoms with E-state index >= 15 is 0 Å². The Balaban J connectivity index is 1.81. The van der Waals surface area contributed by atoms with Gasteiger partial charge in [-0.2, -0.15) is 0 Å². The fraction of sp³-hybridized carbons (Fsp3) is 0.300. The molecule has 0 atom stereocenters. The van der Waals surface area contributed by atoms with Crippen LogP contribution in [0.5, 0.6) is 0 Å². The molecule has 0 saturated carbocycles. The Bertz CT molecular complexity index is 712. The third-order valence-corrected chi connectivity index (χ3v) is 4.30. The van der Waals surface area contributed by atoms with Crippen molar-refractivity contribution in [3.63, 3.8) is 0 Å². The minimum Gasteiger partial charge on any atom is -0.355 e. The van der Waals surface area contributed by atoms with Crippen LogP contribution in [-0.4, -0.2) is 18.4 Å². The highest BCUT2D eigenvalue weighted by Gasteiger charge is 2.35. The average Bonchev–Trinajstić information content (AvgIpc) is 2.62. The molecule has 0 aliphatic heterocycles. The van der Waals surface area contributed by atoms with Crippen LogP contribution < -0.4 is 10.6 Å². The number of carbonyl (C=O) groups excluding carboxylic acids is 2. The van der Waals surface area contributed by atoms with Crippen molar-refractivity contribution in [3.8, 4) is 0 Å². The quantitative estimate of drug-likeness (QED) is 0.746. The molecule has 5 heteroatoms. The van der Waals surface area contributed by atoms with Crippen LogP contribution in [0.4, 0.5) is 0 Å². The van der Waals surface area contributed by atoms with E-state index in [9.17, 15) is 9.59 Å². The van der Waals surface area contributed by atoms with Crippen molar-refractivity contribution >= 4 is 23.4 Å². The summed E-state index contributed by atoms with van der Waals surface area (Å²) in [6.07, 6.45) is 0.685. The molecular weight excluding hydrogens is 336 g/mol. The van der Waals surface area contributed by atoms with Crippen LogP contribution in [0, 0.1) is 5.41 Å². The Morgan fingerprint density at radius 2 is 1.48 bits per heavy atom. The number of benzene rings is 2. The highest BCUT2D eigenvalue weighted by molar-refractivity contribution is 6.30. The smallest absolute Gasteiger partial charge is 0.235 e. The predicted molar refractivity (Wildman–Crippen MR) is 100 cm³/mol. The van der Waals surface area contributed by atoms with Gasteiger partial charge in [-0.15, -0.1) is 0 Å². The van der Waals surface area contributed by atoms with Gasteiger partial charge in [0, 0.05) is 18.1 Å². The van der Waals surface area contributed by atoms with Gasteiger partial charge in [0.2, 0.25) is 11.8 Å². The van der Waals surface area contributed by atoms with E-state index in [-0.39, 0.29) is 11.8 Å². The number of carbonyl (C=O) groups is 2. The van der Waals surface area contributed by atoms with Crippen LogP contribution in [-0.2, 0) is 22.6 Å². The van der Waals surface area contributed by atoms with Crippen LogP contribution in [0.2, 0.25) is 5.02 Å². The summed E-state index contributed by atoms with van der Waals surface area (Å²) < 4.78 is 0. The molecule has 2 amide bonds. The lowest BCUT2D eigenvalue weighted by atomic mass is 9.91. The summed E-state index contributed by atoms with van der Waals surface area (Å²) in [5, 5.41) is 6.34. The number of halogens is 1. The number of amides is 2. The Kier molecular flexibility index (Phi) is 6.59. The first-order valence-corrected chi connectivity index (χ1v) is 8.62. The zero-order chi connectivity index (χ0) is 18.3. The number of hydrogen-bond acceptors (Lipinski definition) is 2. The molecule has 0 unspecified atom stereocenters. The maximum Gasteiger partial charge on any atom is 0.235 e. The number of nitrogens with one attached hydrogen (secondary N) is 2. The summed E-state index contributed by atoms with van der Waals surface area (Å²) in [7, 11) is 0. The molecule has 2 aromatic carbocycles. The van der Waals surface area contributed by atoms with Crippen LogP contribution in [0.3, 0.4) is 0 Å². The molecule has 2 rings (SSSR count). The van der Waals surface area contributed by atoms with Crippen molar-refractivity contribution in [2.24, 2.45) is 5.41 Å². The lowest BCUT2D eigenvalue weighted by Crippen LogP contribution is -2.48. The molecule has 0 aromatic heterocycles. The summed E-state index contributed by atoms with van der Waals surface area (Å²) >= 11 is 5.85. The second-order valence-corrected chi connectivity index (χ2v) is 6.86. The van der Waals surface area contributed by atoms with Crippen molar-refractivity contribution in [2.45, 2.75) is 26.8 Å². The second-order valence-electron chi connectivity index (χ2n) is 6.43. The molecule has 0 aliphatic rings. The average molecular weight is 359 g/mol. The van der Waals surface area contributed by atoms with E-state index in [0.29, 0.717) is 24.5 Å². The first-order chi connectivity index (χ1) is 11.9. The molecule has 0 fully saturated rings. The molecule has 132 valence electrons. The van der Waals surface area contributed by atoms with Crippen molar-refractivity contribution < 1.29 is 9.59 Å². The molecule has 4 nitrogen and oxygen atoms in total. The first-order valence-electron chi connectivity index (χ1n) is 8.24. The monoisotopic (exact) mass is 358 g/mol. The second kappa shape index (κ2) is 8.67. The number of rotatable bonds is 7. The van der Waals surface area contributed by atoms with Gasteiger partial charge in [-0.3, -0.25) is 9.59 Å². The summed E-state index contributed by atoms with van der Waals surface area (Å²) in [6.45, 7) is 4.13. The molecule has 0 radical (unpaired) electrons. The topological polar surface area (TPSA) is 58.2 Å². The van der Waals surface area contributed by atoms with Crippen LogP contribution in [0.25, 0.3) is 0 Å². The molecule has 2 N–H and O–H groups in total. The van der Waals surface area contributed by atoms with E-state index < -0.39 is 5.41 Å². The third kappa shape index (κ3) is 5.61. The Morgan fingerprint density at radius 3 is 2.12 bits per heavy atom. The van der Waals surface area contributed by atoms with Crippen LogP contribution in [0.15, 0.2) is 54.6 Å². The standard InChI is InChI=1S/C20H23ClN2O2/c1-20(2,19(25)23-14-16-6-4-3-5-7-16)18(24)22-13-12-15-8-10-17(21)11-9-15/h3-11H,12-14H2,1-2H3,(H,22,24)(H,23,25). The SMILES string of the molecule is CC(C)(C(=O)NCCc1ccc(Cl)cc1)C(=O)NCc1ccccc1. The Labute approximate surface area is 153 Å². The van der Waals surface area contributed by atoms with Gasteiger partial charge in [0.15, 0.2) is 0 Å². The molecule has 2 aromatic rings. The molecule has 0 spiro atoms. The zero-order valence-electron chi connectivity index (χ0n) is 14.5.